The zero-order chi connectivity index (χ0) is 27.3. The third-order valence-electron chi connectivity index (χ3n) is 7.19. The van der Waals surface area contributed by atoms with E-state index in [0.29, 0.717) is 37.5 Å². The number of amides is 1. The van der Waals surface area contributed by atoms with Gasteiger partial charge in [-0.15, -0.1) is 0 Å². The molecular weight excluding hydrogens is 492 g/mol. The van der Waals surface area contributed by atoms with Gasteiger partial charge < -0.3 is 19.1 Å². The number of hydrogen-bond donors (Lipinski definition) is 0. The van der Waals surface area contributed by atoms with Crippen molar-refractivity contribution in [2.24, 2.45) is 17.8 Å². The first-order chi connectivity index (χ1) is 18.1. The molecule has 6 nitrogen and oxygen atoms in total. The summed E-state index contributed by atoms with van der Waals surface area (Å²) >= 11 is 0. The number of rotatable bonds is 9. The number of carbonyl (C=O) groups excluding carboxylic acids is 2. The molecule has 1 saturated carbocycles. The lowest BCUT2D eigenvalue weighted by molar-refractivity contribution is -0.154. The molecule has 2 aromatic rings. The van der Waals surface area contributed by atoms with E-state index in [1.807, 2.05) is 30.3 Å². The molecule has 206 valence electrons. The molecule has 2 aromatic carbocycles. The summed E-state index contributed by atoms with van der Waals surface area (Å²) in [4.78, 5) is 26.1. The number of likely N-dealkylation sites (tertiary alicyclic amines) is 1. The van der Waals surface area contributed by atoms with Crippen molar-refractivity contribution in [3.05, 3.63) is 65.2 Å². The minimum Gasteiger partial charge on any atom is -0.490 e. The molecule has 0 aromatic heterocycles. The molecule has 8 heteroatoms. The van der Waals surface area contributed by atoms with Crippen molar-refractivity contribution in [2.45, 2.75) is 65.1 Å². The number of nitrogens with zero attached hydrogens (tertiary/aromatic N) is 1. The minimum atomic E-state index is -0.693. The average Bonchev–Trinajstić information content (AvgIpc) is 3.64. The first-order valence-electron chi connectivity index (χ1n) is 13.4. The van der Waals surface area contributed by atoms with Crippen molar-refractivity contribution in [1.29, 1.82) is 0 Å². The summed E-state index contributed by atoms with van der Waals surface area (Å²) in [7, 11) is 0. The second kappa shape index (κ2) is 12.1. The van der Waals surface area contributed by atoms with Gasteiger partial charge in [-0.1, -0.05) is 30.3 Å². The zero-order valence-corrected chi connectivity index (χ0v) is 22.4. The smallest absolute Gasteiger partial charge is 0.410 e. The first-order valence-corrected chi connectivity index (χ1v) is 13.4. The van der Waals surface area contributed by atoms with Crippen LogP contribution in [0.5, 0.6) is 5.75 Å². The molecule has 1 heterocycles. The second-order valence-electron chi connectivity index (χ2n) is 11.3. The van der Waals surface area contributed by atoms with Gasteiger partial charge in [0.1, 0.15) is 18.0 Å². The van der Waals surface area contributed by atoms with Gasteiger partial charge in [-0.25, -0.2) is 13.6 Å². The van der Waals surface area contributed by atoms with E-state index in [9.17, 15) is 18.4 Å². The zero-order valence-electron chi connectivity index (χ0n) is 22.4. The summed E-state index contributed by atoms with van der Waals surface area (Å²) in [5.74, 6) is -0.502. The molecule has 38 heavy (non-hydrogen) atoms. The lowest BCUT2D eigenvalue weighted by Crippen LogP contribution is -2.39. The van der Waals surface area contributed by atoms with Gasteiger partial charge in [0.15, 0.2) is 11.6 Å². The Hall–Kier alpha value is -3.16. The van der Waals surface area contributed by atoms with Crippen LogP contribution in [-0.4, -0.2) is 42.3 Å². The van der Waals surface area contributed by atoms with Crippen LogP contribution < -0.4 is 4.74 Å². The summed E-state index contributed by atoms with van der Waals surface area (Å²) in [6, 6.07) is 11.7. The summed E-state index contributed by atoms with van der Waals surface area (Å²) in [6.07, 6.45) is 3.15. The Morgan fingerprint density at radius 3 is 2.42 bits per heavy atom. The Morgan fingerprint density at radius 1 is 1.03 bits per heavy atom. The average molecular weight is 530 g/mol. The van der Waals surface area contributed by atoms with E-state index in [4.69, 9.17) is 14.2 Å². The van der Waals surface area contributed by atoms with Crippen molar-refractivity contribution >= 4 is 12.1 Å². The van der Waals surface area contributed by atoms with Gasteiger partial charge in [-0.2, -0.15) is 0 Å². The van der Waals surface area contributed by atoms with E-state index < -0.39 is 23.2 Å². The normalized spacial score (nSPS) is 19.7. The third-order valence-corrected chi connectivity index (χ3v) is 7.19. The molecule has 1 aliphatic heterocycles. The van der Waals surface area contributed by atoms with Crippen LogP contribution in [-0.2, 0) is 27.3 Å². The molecule has 1 saturated heterocycles. The van der Waals surface area contributed by atoms with E-state index in [2.05, 4.69) is 0 Å². The van der Waals surface area contributed by atoms with Crippen LogP contribution in [0, 0.1) is 29.4 Å². The van der Waals surface area contributed by atoms with Crippen molar-refractivity contribution in [1.82, 2.24) is 4.90 Å². The standard InChI is InChI=1S/C30H37F2NO5/c1-30(2,3)38-28(34)17-23-16-26(32)27(18-25(23)31)36-14-11-22-15-24(22)21-9-12-33(13-10-21)29(35)37-19-20-7-5-4-6-8-20/h4-8,16,18,21-22,24H,9-15,17,19H2,1-3H3/t22-,24-/m1/s1. The fraction of sp³-hybridized carbons (Fsp3) is 0.533. The van der Waals surface area contributed by atoms with Crippen LogP contribution in [0.15, 0.2) is 42.5 Å². The molecular formula is C30H37F2NO5. The van der Waals surface area contributed by atoms with Crippen LogP contribution >= 0.6 is 0 Å². The van der Waals surface area contributed by atoms with Crippen LogP contribution in [0.3, 0.4) is 0 Å². The Balaban J connectivity index is 1.15. The molecule has 1 aliphatic carbocycles. The van der Waals surface area contributed by atoms with E-state index >= 15 is 0 Å². The maximum atomic E-state index is 14.5. The number of carbonyl (C=O) groups is 2. The molecule has 1 amide bonds. The molecule has 0 N–H and O–H groups in total. The summed E-state index contributed by atoms with van der Waals surface area (Å²) in [5, 5.41) is 0. The van der Waals surface area contributed by atoms with Gasteiger partial charge >= 0.3 is 12.1 Å². The van der Waals surface area contributed by atoms with Gasteiger partial charge in [0.25, 0.3) is 0 Å². The van der Waals surface area contributed by atoms with Crippen LogP contribution in [0.25, 0.3) is 0 Å². The number of benzene rings is 2. The predicted octanol–water partition coefficient (Wildman–Crippen LogP) is 6.30. The van der Waals surface area contributed by atoms with Crippen LogP contribution in [0.2, 0.25) is 0 Å². The molecule has 2 atom stereocenters. The Morgan fingerprint density at radius 2 is 1.74 bits per heavy atom. The summed E-state index contributed by atoms with van der Waals surface area (Å²) < 4.78 is 45.1. The summed E-state index contributed by atoms with van der Waals surface area (Å²) in [6.45, 7) is 7.12. The molecule has 0 unspecified atom stereocenters. The van der Waals surface area contributed by atoms with Crippen LogP contribution in [0.1, 0.15) is 57.6 Å². The lowest BCUT2D eigenvalue weighted by atomic mass is 9.91. The highest BCUT2D eigenvalue weighted by Gasteiger charge is 2.43. The van der Waals surface area contributed by atoms with Gasteiger partial charge in [-0.3, -0.25) is 4.79 Å². The molecule has 2 aliphatic rings. The fourth-order valence-corrected chi connectivity index (χ4v) is 5.17. The Kier molecular flexibility index (Phi) is 8.90. The summed E-state index contributed by atoms with van der Waals surface area (Å²) in [5.41, 5.74) is 0.223. The Labute approximate surface area is 223 Å². The quantitative estimate of drug-likeness (QED) is 0.357. The lowest BCUT2D eigenvalue weighted by Gasteiger charge is -2.31. The number of halogens is 2. The third kappa shape index (κ3) is 7.92. The minimum absolute atomic E-state index is 0.0540. The van der Waals surface area contributed by atoms with Gasteiger partial charge in [0, 0.05) is 24.7 Å². The number of hydrogen-bond acceptors (Lipinski definition) is 5. The van der Waals surface area contributed by atoms with Gasteiger partial charge in [0.2, 0.25) is 0 Å². The van der Waals surface area contributed by atoms with E-state index in [1.54, 1.807) is 25.7 Å². The fourth-order valence-electron chi connectivity index (χ4n) is 5.17. The Bertz CT molecular complexity index is 1110. The van der Waals surface area contributed by atoms with E-state index in [0.717, 1.165) is 43.4 Å². The molecule has 0 spiro atoms. The van der Waals surface area contributed by atoms with Crippen molar-refractivity contribution in [2.75, 3.05) is 19.7 Å². The monoisotopic (exact) mass is 529 g/mol. The molecule has 0 radical (unpaired) electrons. The highest BCUT2D eigenvalue weighted by molar-refractivity contribution is 5.73. The first kappa shape index (κ1) is 27.9. The van der Waals surface area contributed by atoms with Crippen molar-refractivity contribution < 1.29 is 32.6 Å². The molecule has 0 bridgehead atoms. The van der Waals surface area contributed by atoms with Crippen molar-refractivity contribution in [3.8, 4) is 5.75 Å². The highest BCUT2D eigenvalue weighted by Crippen LogP contribution is 2.49. The SMILES string of the molecule is CC(C)(C)OC(=O)Cc1cc(F)c(OCC[C@@H]2C[C@@H]2C2CCN(C(=O)OCc3ccccc3)CC2)cc1F. The van der Waals surface area contributed by atoms with Crippen LogP contribution in [0.4, 0.5) is 13.6 Å². The number of ether oxygens (including phenoxy) is 3. The topological polar surface area (TPSA) is 65.1 Å². The molecule has 2 fully saturated rings. The number of esters is 1. The largest absolute Gasteiger partial charge is 0.490 e. The number of piperidine rings is 1. The highest BCUT2D eigenvalue weighted by atomic mass is 19.1. The predicted molar refractivity (Wildman–Crippen MR) is 139 cm³/mol. The van der Waals surface area contributed by atoms with E-state index in [1.165, 1.54) is 0 Å². The van der Waals surface area contributed by atoms with Gasteiger partial charge in [-0.05, 0) is 75.8 Å². The second-order valence-corrected chi connectivity index (χ2v) is 11.3. The van der Waals surface area contributed by atoms with E-state index in [-0.39, 0.29) is 30.4 Å². The van der Waals surface area contributed by atoms with Crippen molar-refractivity contribution in [3.63, 3.8) is 0 Å². The maximum Gasteiger partial charge on any atom is 0.410 e. The molecule has 4 rings (SSSR count). The maximum absolute atomic E-state index is 14.5. The van der Waals surface area contributed by atoms with Gasteiger partial charge in [0.05, 0.1) is 13.0 Å².